The maximum atomic E-state index is 14.1. The van der Waals surface area contributed by atoms with Crippen LogP contribution in [-0.4, -0.2) is 15.5 Å². The third-order valence-electron chi connectivity index (χ3n) is 4.81. The quantitative estimate of drug-likeness (QED) is 0.702. The van der Waals surface area contributed by atoms with Crippen molar-refractivity contribution in [3.63, 3.8) is 0 Å². The van der Waals surface area contributed by atoms with Crippen LogP contribution in [0.2, 0.25) is 0 Å². The van der Waals surface area contributed by atoms with Gasteiger partial charge in [0.15, 0.2) is 11.6 Å². The van der Waals surface area contributed by atoms with Crippen molar-refractivity contribution in [1.29, 1.82) is 0 Å². The molecule has 1 amide bonds. The van der Waals surface area contributed by atoms with E-state index in [-0.39, 0.29) is 24.0 Å². The first-order valence-corrected chi connectivity index (χ1v) is 9.06. The molecule has 0 aliphatic heterocycles. The number of hydrogen-bond donors (Lipinski definition) is 2. The van der Waals surface area contributed by atoms with Gasteiger partial charge >= 0.3 is 0 Å². The Hall–Kier alpha value is -2.80. The molecular formula is C21H24F2N4O. The highest BCUT2D eigenvalue weighted by molar-refractivity contribution is 5.81. The Balaban J connectivity index is 1.75. The van der Waals surface area contributed by atoms with E-state index < -0.39 is 17.2 Å². The number of fused-ring (bicyclic) bond motifs is 1. The predicted molar refractivity (Wildman–Crippen MR) is 105 cm³/mol. The molecule has 1 heterocycles. The average molecular weight is 386 g/mol. The van der Waals surface area contributed by atoms with E-state index in [2.05, 4.69) is 10.3 Å². The van der Waals surface area contributed by atoms with Gasteiger partial charge in [-0.05, 0) is 56.5 Å². The van der Waals surface area contributed by atoms with Gasteiger partial charge in [-0.25, -0.2) is 13.8 Å². The smallest absolute Gasteiger partial charge is 0.240 e. The fourth-order valence-electron chi connectivity index (χ4n) is 3.42. The molecule has 148 valence electrons. The molecule has 0 bridgehead atoms. The molecule has 2 aromatic carbocycles. The molecular weight excluding hydrogens is 362 g/mol. The van der Waals surface area contributed by atoms with Crippen LogP contribution >= 0.6 is 0 Å². The summed E-state index contributed by atoms with van der Waals surface area (Å²) in [4.78, 5) is 16.5. The Labute approximate surface area is 162 Å². The Kier molecular flexibility index (Phi) is 5.21. The zero-order valence-electron chi connectivity index (χ0n) is 16.4. The van der Waals surface area contributed by atoms with Crippen molar-refractivity contribution in [2.24, 2.45) is 5.73 Å². The number of rotatable bonds is 5. The lowest BCUT2D eigenvalue weighted by Gasteiger charge is -2.23. The van der Waals surface area contributed by atoms with E-state index in [1.807, 2.05) is 45.9 Å². The minimum absolute atomic E-state index is 0.0202. The summed E-state index contributed by atoms with van der Waals surface area (Å²) in [5.74, 6) is -2.30. The highest BCUT2D eigenvalue weighted by Crippen LogP contribution is 2.24. The van der Waals surface area contributed by atoms with Gasteiger partial charge < -0.3 is 15.6 Å². The van der Waals surface area contributed by atoms with Crippen molar-refractivity contribution < 1.29 is 13.6 Å². The van der Waals surface area contributed by atoms with Crippen molar-refractivity contribution >= 4 is 16.9 Å². The number of aryl methyl sites for hydroxylation is 1. The first-order valence-electron chi connectivity index (χ1n) is 9.06. The lowest BCUT2D eigenvalue weighted by molar-refractivity contribution is -0.122. The second-order valence-corrected chi connectivity index (χ2v) is 7.69. The van der Waals surface area contributed by atoms with Crippen LogP contribution in [0.25, 0.3) is 11.0 Å². The molecule has 3 N–H and O–H groups in total. The SMILES string of the molecule is Cc1cc(C(C)NC(=O)Cn2cnc3ccc(F)c(F)c32)ccc1C(C)(C)N. The maximum Gasteiger partial charge on any atom is 0.240 e. The lowest BCUT2D eigenvalue weighted by atomic mass is 9.89. The summed E-state index contributed by atoms with van der Waals surface area (Å²) in [6.07, 6.45) is 1.33. The van der Waals surface area contributed by atoms with Crippen LogP contribution in [0.5, 0.6) is 0 Å². The largest absolute Gasteiger partial charge is 0.348 e. The maximum absolute atomic E-state index is 14.1. The van der Waals surface area contributed by atoms with Crippen molar-refractivity contribution in [2.45, 2.75) is 45.8 Å². The highest BCUT2D eigenvalue weighted by Gasteiger charge is 2.19. The summed E-state index contributed by atoms with van der Waals surface area (Å²) in [6.45, 7) is 7.58. The molecule has 0 spiro atoms. The molecule has 0 aliphatic carbocycles. The van der Waals surface area contributed by atoms with Crippen LogP contribution in [0.3, 0.4) is 0 Å². The number of imidazole rings is 1. The number of nitrogens with zero attached hydrogens (tertiary/aromatic N) is 2. The van der Waals surface area contributed by atoms with Gasteiger partial charge in [-0.3, -0.25) is 4.79 Å². The zero-order valence-corrected chi connectivity index (χ0v) is 16.4. The van der Waals surface area contributed by atoms with E-state index in [0.717, 1.165) is 22.8 Å². The van der Waals surface area contributed by atoms with Crippen molar-refractivity contribution in [1.82, 2.24) is 14.9 Å². The second kappa shape index (κ2) is 7.31. The lowest BCUT2D eigenvalue weighted by Crippen LogP contribution is -2.31. The van der Waals surface area contributed by atoms with E-state index in [9.17, 15) is 13.6 Å². The van der Waals surface area contributed by atoms with Gasteiger partial charge in [-0.2, -0.15) is 0 Å². The summed E-state index contributed by atoms with van der Waals surface area (Å²) < 4.78 is 28.9. The summed E-state index contributed by atoms with van der Waals surface area (Å²) in [6, 6.07) is 8.05. The van der Waals surface area contributed by atoms with Gasteiger partial charge in [0, 0.05) is 5.54 Å². The van der Waals surface area contributed by atoms with E-state index in [0.29, 0.717) is 5.52 Å². The predicted octanol–water partition coefficient (Wildman–Crippen LogP) is 3.69. The standard InChI is InChI=1S/C21H24F2N4O/c1-12-9-14(5-6-15(12)21(3,4)24)13(2)26-18(28)10-27-11-25-17-8-7-16(22)19(23)20(17)27/h5-9,11,13H,10,24H2,1-4H3,(H,26,28). The Morgan fingerprint density at radius 2 is 2.00 bits per heavy atom. The molecule has 0 aliphatic rings. The van der Waals surface area contributed by atoms with Crippen LogP contribution < -0.4 is 11.1 Å². The number of nitrogens with one attached hydrogen (secondary N) is 1. The highest BCUT2D eigenvalue weighted by atomic mass is 19.2. The number of aromatic nitrogens is 2. The topological polar surface area (TPSA) is 72.9 Å². The van der Waals surface area contributed by atoms with Gasteiger partial charge in [-0.15, -0.1) is 0 Å². The van der Waals surface area contributed by atoms with Crippen LogP contribution in [0, 0.1) is 18.6 Å². The minimum Gasteiger partial charge on any atom is -0.348 e. The van der Waals surface area contributed by atoms with Crippen molar-refractivity contribution in [2.75, 3.05) is 0 Å². The normalized spacial score (nSPS) is 13.0. The summed E-state index contributed by atoms with van der Waals surface area (Å²) in [5, 5.41) is 2.88. The number of halogens is 2. The molecule has 1 atom stereocenters. The molecule has 1 unspecified atom stereocenters. The van der Waals surface area contributed by atoms with Gasteiger partial charge in [0.1, 0.15) is 12.1 Å². The molecule has 28 heavy (non-hydrogen) atoms. The molecule has 5 nitrogen and oxygen atoms in total. The molecule has 0 radical (unpaired) electrons. The molecule has 3 rings (SSSR count). The van der Waals surface area contributed by atoms with E-state index >= 15 is 0 Å². The van der Waals surface area contributed by atoms with Gasteiger partial charge in [0.05, 0.1) is 17.9 Å². The second-order valence-electron chi connectivity index (χ2n) is 7.69. The number of hydrogen-bond acceptors (Lipinski definition) is 3. The van der Waals surface area contributed by atoms with Crippen LogP contribution in [0.4, 0.5) is 8.78 Å². The summed E-state index contributed by atoms with van der Waals surface area (Å²) in [7, 11) is 0. The van der Waals surface area contributed by atoms with Gasteiger partial charge in [0.25, 0.3) is 0 Å². The Morgan fingerprint density at radius 1 is 1.29 bits per heavy atom. The molecule has 0 saturated carbocycles. The van der Waals surface area contributed by atoms with Gasteiger partial charge in [-0.1, -0.05) is 18.2 Å². The monoisotopic (exact) mass is 386 g/mol. The molecule has 1 aromatic heterocycles. The Bertz CT molecular complexity index is 1040. The zero-order chi connectivity index (χ0) is 20.6. The fourth-order valence-corrected chi connectivity index (χ4v) is 3.42. The van der Waals surface area contributed by atoms with Crippen LogP contribution in [-0.2, 0) is 16.9 Å². The third kappa shape index (κ3) is 3.89. The number of carbonyl (C=O) groups is 1. The molecule has 0 fully saturated rings. The fraction of sp³-hybridized carbons (Fsp3) is 0.333. The van der Waals surface area contributed by atoms with Crippen LogP contribution in [0.1, 0.15) is 43.5 Å². The first-order chi connectivity index (χ1) is 13.1. The van der Waals surface area contributed by atoms with Crippen LogP contribution in [0.15, 0.2) is 36.7 Å². The number of amides is 1. The number of nitrogens with two attached hydrogens (primary N) is 1. The van der Waals surface area contributed by atoms with Gasteiger partial charge in [0.2, 0.25) is 5.91 Å². The summed E-state index contributed by atoms with van der Waals surface area (Å²) >= 11 is 0. The molecule has 7 heteroatoms. The van der Waals surface area contributed by atoms with Crippen molar-refractivity contribution in [3.05, 3.63) is 65.0 Å². The minimum atomic E-state index is -1.01. The van der Waals surface area contributed by atoms with Crippen molar-refractivity contribution in [3.8, 4) is 0 Å². The average Bonchev–Trinajstić information content (AvgIpc) is 3.00. The summed E-state index contributed by atoms with van der Waals surface area (Å²) in [5.41, 5.74) is 9.03. The van der Waals surface area contributed by atoms with E-state index in [4.69, 9.17) is 5.73 Å². The Morgan fingerprint density at radius 3 is 2.64 bits per heavy atom. The number of benzene rings is 2. The van der Waals surface area contributed by atoms with E-state index in [1.165, 1.54) is 17.0 Å². The number of carbonyl (C=O) groups excluding carboxylic acids is 1. The van der Waals surface area contributed by atoms with E-state index in [1.54, 1.807) is 0 Å². The first kappa shape index (κ1) is 19.9. The molecule has 0 saturated heterocycles. The third-order valence-corrected chi connectivity index (χ3v) is 4.81. The molecule has 3 aromatic rings.